The lowest BCUT2D eigenvalue weighted by atomic mass is 14.1. The van der Waals surface area contributed by atoms with Crippen molar-refractivity contribution in [2.24, 2.45) is 0 Å². The van der Waals surface area contributed by atoms with Crippen molar-refractivity contribution in [3.8, 4) is 0 Å². The van der Waals surface area contributed by atoms with E-state index in [2.05, 4.69) is 55.5 Å². The Bertz CT molecular complexity index is 71.2. The van der Waals surface area contributed by atoms with E-state index in [0.717, 1.165) is 0 Å². The molecule has 0 aromatic rings. The fourth-order valence-corrected chi connectivity index (χ4v) is 0.102. The van der Waals surface area contributed by atoms with Crippen LogP contribution in [0, 0.1) is 0 Å². The molecule has 13 heavy (non-hydrogen) atoms. The summed E-state index contributed by atoms with van der Waals surface area (Å²) in [5.74, 6) is 0. The Hall–Kier alpha value is -0.550. The molecule has 0 fully saturated rings. The monoisotopic (exact) mass is 212 g/mol. The molecule has 0 amide bonds. The van der Waals surface area contributed by atoms with E-state index >= 15 is 0 Å². The summed E-state index contributed by atoms with van der Waals surface area (Å²) in [6, 6.07) is 0. The lowest BCUT2D eigenvalue weighted by Crippen LogP contribution is -2.02. The molecule has 80 valence electrons. The van der Waals surface area contributed by atoms with Crippen molar-refractivity contribution < 1.29 is 65.3 Å². The van der Waals surface area contributed by atoms with Crippen LogP contribution in [0.25, 0.3) is 0 Å². The van der Waals surface area contributed by atoms with Crippen LogP contribution in [-0.2, 0) is 55.5 Å². The molecule has 0 bridgehead atoms. The van der Waals surface area contributed by atoms with Crippen molar-refractivity contribution >= 4 is 0 Å². The molecule has 0 radical (unpaired) electrons. The highest BCUT2D eigenvalue weighted by molar-refractivity contribution is 3.04. The molecule has 0 heterocycles. The molecule has 0 aliphatic carbocycles. The van der Waals surface area contributed by atoms with E-state index in [4.69, 9.17) is 5.26 Å². The SMILES string of the molecule is OOOOOOOOOOOOF. The number of rotatable bonds is 10. The topological polar surface area (TPSA) is 122 Å². The third-order valence-electron chi connectivity index (χ3n) is 0.278. The zero-order valence-corrected chi connectivity index (χ0v) is 5.32. The summed E-state index contributed by atoms with van der Waals surface area (Å²) in [6.07, 6.45) is 0. The summed E-state index contributed by atoms with van der Waals surface area (Å²) in [5.41, 5.74) is 0. The van der Waals surface area contributed by atoms with Crippen LogP contribution in [-0.4, -0.2) is 5.26 Å². The minimum atomic E-state index is 2.36. The van der Waals surface area contributed by atoms with Gasteiger partial charge in [0.1, 0.15) is 0 Å². The molecule has 12 nitrogen and oxygen atoms in total. The van der Waals surface area contributed by atoms with Crippen molar-refractivity contribution in [1.29, 1.82) is 0 Å². The minimum absolute atomic E-state index is 2.36. The molecule has 0 aliphatic heterocycles. The standard InChI is InChI=1S/FHO12/c1-3-5-7-9-11-13-12-10-8-6-4-2/h2H. The molecule has 13 heteroatoms. The van der Waals surface area contributed by atoms with Crippen molar-refractivity contribution in [2.75, 3.05) is 0 Å². The summed E-state index contributed by atoms with van der Waals surface area (Å²) < 4.78 is 10.6. The summed E-state index contributed by atoms with van der Waals surface area (Å²) in [6.45, 7) is 0. The summed E-state index contributed by atoms with van der Waals surface area (Å²) in [4.78, 5) is 0. The van der Waals surface area contributed by atoms with Gasteiger partial charge < -0.3 is 0 Å². The van der Waals surface area contributed by atoms with Crippen molar-refractivity contribution in [1.82, 2.24) is 0 Å². The van der Waals surface area contributed by atoms with Crippen LogP contribution in [0.4, 0.5) is 4.53 Å². The number of hydrogen-bond acceptors (Lipinski definition) is 12. The maximum atomic E-state index is 10.6. The summed E-state index contributed by atoms with van der Waals surface area (Å²) in [5, 5.41) is 41.9. The number of halogens is 1. The first-order chi connectivity index (χ1) is 6.41. The van der Waals surface area contributed by atoms with E-state index in [9.17, 15) is 4.53 Å². The maximum Gasteiger partial charge on any atom is 0.0104 e. The molecule has 0 saturated carbocycles. The predicted octanol–water partition coefficient (Wildman–Crippen LogP) is -0.324. The van der Waals surface area contributed by atoms with Gasteiger partial charge in [0, 0.05) is 30.3 Å². The van der Waals surface area contributed by atoms with Gasteiger partial charge in [0.25, 0.3) is 0 Å². The van der Waals surface area contributed by atoms with Crippen LogP contribution in [0.1, 0.15) is 0 Å². The fourth-order valence-electron chi connectivity index (χ4n) is 0.102. The van der Waals surface area contributed by atoms with Gasteiger partial charge in [-0.05, 0) is 29.7 Å². The summed E-state index contributed by atoms with van der Waals surface area (Å²) in [7, 11) is 0. The van der Waals surface area contributed by atoms with Gasteiger partial charge in [-0.1, -0.05) is 0 Å². The quantitative estimate of drug-likeness (QED) is 0.289. The van der Waals surface area contributed by atoms with Gasteiger partial charge >= 0.3 is 0 Å². The second-order valence-electron chi connectivity index (χ2n) is 0.750. The van der Waals surface area contributed by atoms with E-state index in [0.29, 0.717) is 0 Å². The molecular formula is HFO12. The van der Waals surface area contributed by atoms with Gasteiger partial charge in [-0.25, -0.2) is 5.26 Å². The lowest BCUT2D eigenvalue weighted by molar-refractivity contribution is -0.866. The van der Waals surface area contributed by atoms with E-state index < -0.39 is 0 Å². The Kier molecular flexibility index (Phi) is 11.0. The smallest absolute Gasteiger partial charge is 0.0104 e. The van der Waals surface area contributed by atoms with Crippen LogP contribution in [0.2, 0.25) is 0 Å². The molecule has 0 aromatic carbocycles. The van der Waals surface area contributed by atoms with Gasteiger partial charge in [0.2, 0.25) is 0 Å². The highest BCUT2D eigenvalue weighted by Crippen LogP contribution is 1.89. The highest BCUT2D eigenvalue weighted by Gasteiger charge is 1.96. The summed E-state index contributed by atoms with van der Waals surface area (Å²) >= 11 is 0. The molecule has 0 spiro atoms. The third-order valence-corrected chi connectivity index (χ3v) is 0.278. The molecule has 0 unspecified atom stereocenters. The number of hydrogen-bond donors (Lipinski definition) is 1. The Morgan fingerprint density at radius 1 is 0.615 bits per heavy atom. The average Bonchev–Trinajstić information content (AvgIpc) is 2.16. The first-order valence-electron chi connectivity index (χ1n) is 2.00. The minimum Gasteiger partial charge on any atom is -0.219 e. The predicted molar refractivity (Wildman–Crippen MR) is 15.7 cm³/mol. The fraction of sp³-hybridized carbons (Fsp3) is 0. The molecule has 0 atom stereocenters. The Morgan fingerprint density at radius 2 is 1.00 bits per heavy atom. The normalized spacial score (nSPS) is 10.6. The van der Waals surface area contributed by atoms with Crippen LogP contribution in [0.3, 0.4) is 0 Å². The van der Waals surface area contributed by atoms with Crippen LogP contribution in [0.5, 0.6) is 0 Å². The first kappa shape index (κ1) is 12.4. The largest absolute Gasteiger partial charge is 0.219 e. The van der Waals surface area contributed by atoms with Gasteiger partial charge in [-0.15, -0.1) is 0 Å². The Morgan fingerprint density at radius 3 is 1.38 bits per heavy atom. The van der Waals surface area contributed by atoms with Crippen LogP contribution < -0.4 is 0 Å². The molecule has 0 saturated heterocycles. The van der Waals surface area contributed by atoms with Gasteiger partial charge in [0.15, 0.2) is 0 Å². The second kappa shape index (κ2) is 11.4. The van der Waals surface area contributed by atoms with Gasteiger partial charge in [0.05, 0.1) is 0 Å². The molecule has 0 aromatic heterocycles. The van der Waals surface area contributed by atoms with Crippen molar-refractivity contribution in [3.05, 3.63) is 0 Å². The zero-order valence-electron chi connectivity index (χ0n) is 5.32. The van der Waals surface area contributed by atoms with Gasteiger partial charge in [-0.3, -0.25) is 0 Å². The average molecular weight is 212 g/mol. The van der Waals surface area contributed by atoms with E-state index in [1.807, 2.05) is 0 Å². The Labute approximate surface area is 66.7 Å². The third kappa shape index (κ3) is 11.5. The van der Waals surface area contributed by atoms with Crippen LogP contribution in [0.15, 0.2) is 0 Å². The van der Waals surface area contributed by atoms with Crippen LogP contribution >= 0.6 is 0 Å². The van der Waals surface area contributed by atoms with Crippen molar-refractivity contribution in [2.45, 2.75) is 0 Å². The second-order valence-corrected chi connectivity index (χ2v) is 0.750. The van der Waals surface area contributed by atoms with E-state index in [1.165, 1.54) is 0 Å². The van der Waals surface area contributed by atoms with Gasteiger partial charge in [-0.2, -0.15) is 0 Å². The molecular weight excluding hydrogens is 211 g/mol. The molecule has 0 aliphatic rings. The van der Waals surface area contributed by atoms with E-state index in [1.54, 1.807) is 0 Å². The van der Waals surface area contributed by atoms with E-state index in [-0.39, 0.29) is 0 Å². The molecule has 0 rings (SSSR count). The molecule has 1 N–H and O–H groups in total. The van der Waals surface area contributed by atoms with Crippen molar-refractivity contribution in [3.63, 3.8) is 0 Å². The first-order valence-corrected chi connectivity index (χ1v) is 2.00. The Balaban J connectivity index is 2.76. The lowest BCUT2D eigenvalue weighted by Gasteiger charge is -1.95. The zero-order chi connectivity index (χ0) is 9.78. The maximum absolute atomic E-state index is 10.6. The highest BCUT2D eigenvalue weighted by atomic mass is 19.3.